The molecule has 0 unspecified atom stereocenters. The maximum Gasteiger partial charge on any atom is 0.0544 e. The van der Waals surface area contributed by atoms with Gasteiger partial charge in [0.25, 0.3) is 0 Å². The van der Waals surface area contributed by atoms with Gasteiger partial charge in [-0.25, -0.2) is 0 Å². The highest BCUT2D eigenvalue weighted by atomic mass is 15.0. The van der Waals surface area contributed by atoms with Crippen molar-refractivity contribution in [3.8, 4) is 50.2 Å². The molecule has 3 aliphatic carbocycles. The maximum absolute atomic E-state index is 2.55. The Morgan fingerprint density at radius 2 is 1.23 bits per heavy atom. The second kappa shape index (κ2) is 9.14. The fraction of sp³-hybridized carbons (Fsp3) is 0.149. The summed E-state index contributed by atoms with van der Waals surface area (Å²) in [6.45, 7) is 7.02. The molecule has 1 fully saturated rings. The van der Waals surface area contributed by atoms with Crippen molar-refractivity contribution in [2.45, 2.75) is 44.9 Å². The monoisotopic (exact) mass is 613 g/mol. The Bertz CT molecular complexity index is 2710. The summed E-state index contributed by atoms with van der Waals surface area (Å²) >= 11 is 0. The summed E-state index contributed by atoms with van der Waals surface area (Å²) in [5.74, 6) is 0.630. The van der Waals surface area contributed by atoms with E-state index in [1.54, 1.807) is 5.56 Å². The molecule has 228 valence electrons. The predicted molar refractivity (Wildman–Crippen MR) is 202 cm³/mol. The fourth-order valence-corrected chi connectivity index (χ4v) is 9.48. The van der Waals surface area contributed by atoms with Crippen molar-refractivity contribution in [3.05, 3.63) is 150 Å². The van der Waals surface area contributed by atoms with Gasteiger partial charge in [-0.05, 0) is 122 Å². The van der Waals surface area contributed by atoms with E-state index < -0.39 is 0 Å². The number of rotatable bonds is 3. The van der Waals surface area contributed by atoms with Gasteiger partial charge in [-0.1, -0.05) is 117 Å². The van der Waals surface area contributed by atoms with Crippen molar-refractivity contribution in [3.63, 3.8) is 0 Å². The summed E-state index contributed by atoms with van der Waals surface area (Å²) in [6.07, 6.45) is 2.55. The van der Waals surface area contributed by atoms with Crippen LogP contribution in [0.15, 0.2) is 127 Å². The van der Waals surface area contributed by atoms with Crippen LogP contribution < -0.4 is 0 Å². The van der Waals surface area contributed by atoms with Gasteiger partial charge in [0.2, 0.25) is 0 Å². The average Bonchev–Trinajstić information content (AvgIpc) is 3.79. The molecule has 0 atom stereocenters. The molecule has 8 aromatic rings. The number of hydrogen-bond donors (Lipinski definition) is 0. The molecular formula is C47H35N. The molecule has 0 saturated heterocycles. The van der Waals surface area contributed by atoms with Gasteiger partial charge in [-0.15, -0.1) is 0 Å². The van der Waals surface area contributed by atoms with Crippen LogP contribution in [-0.4, -0.2) is 4.57 Å². The fourth-order valence-electron chi connectivity index (χ4n) is 9.48. The molecule has 1 nitrogen and oxygen atoms in total. The first-order chi connectivity index (χ1) is 23.5. The van der Waals surface area contributed by atoms with E-state index in [4.69, 9.17) is 0 Å². The van der Waals surface area contributed by atoms with Crippen molar-refractivity contribution >= 4 is 32.6 Å². The highest BCUT2D eigenvalue weighted by molar-refractivity contribution is 6.20. The summed E-state index contributed by atoms with van der Waals surface area (Å²) in [6, 6.07) is 48.5. The van der Waals surface area contributed by atoms with E-state index in [9.17, 15) is 0 Å². The molecule has 0 radical (unpaired) electrons. The molecule has 0 N–H and O–H groups in total. The topological polar surface area (TPSA) is 4.93 Å². The molecule has 1 aromatic heterocycles. The molecule has 0 aliphatic heterocycles. The van der Waals surface area contributed by atoms with Crippen LogP contribution >= 0.6 is 0 Å². The van der Waals surface area contributed by atoms with E-state index in [-0.39, 0.29) is 5.41 Å². The Kier molecular flexibility index (Phi) is 5.08. The molecule has 48 heavy (non-hydrogen) atoms. The summed E-state index contributed by atoms with van der Waals surface area (Å²) in [5, 5.41) is 5.35. The molecule has 0 bridgehead atoms. The SMILES string of the molecule is Cc1ccccc1-c1ccc2c(c1C1CC1)-c1ccc(-n3c4ccccc4c4cc5c(cc43)C(C)(C)c3ccccc3-5)c3cccc-2c13. The number of aryl methyl sites for hydroxylation is 1. The van der Waals surface area contributed by atoms with E-state index in [0.29, 0.717) is 5.92 Å². The highest BCUT2D eigenvalue weighted by Crippen LogP contribution is 2.58. The van der Waals surface area contributed by atoms with Crippen molar-refractivity contribution in [2.75, 3.05) is 0 Å². The third kappa shape index (κ3) is 3.31. The van der Waals surface area contributed by atoms with Crippen LogP contribution in [0.1, 0.15) is 54.9 Å². The minimum atomic E-state index is -0.0565. The van der Waals surface area contributed by atoms with Gasteiger partial charge in [0.05, 0.1) is 16.7 Å². The summed E-state index contributed by atoms with van der Waals surface area (Å²) < 4.78 is 2.55. The quantitative estimate of drug-likeness (QED) is 0.187. The van der Waals surface area contributed by atoms with Gasteiger partial charge >= 0.3 is 0 Å². The third-order valence-corrected chi connectivity index (χ3v) is 11.9. The smallest absolute Gasteiger partial charge is 0.0544 e. The van der Waals surface area contributed by atoms with Crippen LogP contribution in [0.2, 0.25) is 0 Å². The molecule has 0 spiro atoms. The number of hydrogen-bond acceptors (Lipinski definition) is 0. The van der Waals surface area contributed by atoms with E-state index in [1.807, 2.05) is 0 Å². The first-order valence-corrected chi connectivity index (χ1v) is 17.5. The minimum absolute atomic E-state index is 0.0565. The zero-order valence-electron chi connectivity index (χ0n) is 27.6. The lowest BCUT2D eigenvalue weighted by Crippen LogP contribution is -2.15. The van der Waals surface area contributed by atoms with Gasteiger partial charge < -0.3 is 4.57 Å². The molecule has 1 saturated carbocycles. The van der Waals surface area contributed by atoms with E-state index in [0.717, 1.165) is 0 Å². The predicted octanol–water partition coefficient (Wildman–Crippen LogP) is 12.7. The number of benzene rings is 7. The van der Waals surface area contributed by atoms with Crippen molar-refractivity contribution in [1.29, 1.82) is 0 Å². The second-order valence-corrected chi connectivity index (χ2v) is 14.8. The Balaban J connectivity index is 1.20. The first-order valence-electron chi connectivity index (χ1n) is 17.5. The van der Waals surface area contributed by atoms with Gasteiger partial charge in [-0.2, -0.15) is 0 Å². The zero-order chi connectivity index (χ0) is 31.9. The van der Waals surface area contributed by atoms with Gasteiger partial charge in [0, 0.05) is 21.6 Å². The van der Waals surface area contributed by atoms with Gasteiger partial charge in [0.15, 0.2) is 0 Å². The van der Waals surface area contributed by atoms with Crippen LogP contribution in [0.25, 0.3) is 82.8 Å². The standard InChI is InChI=1S/C47H35N/c1-27-11-4-5-12-29(27)33-21-22-34-32-15-10-16-35-42(24-23-36(45(32)35)46(34)44(33)28-19-20-28)48-41-18-9-7-14-31(41)38-25-37-30-13-6-8-17-39(30)47(2,3)40(37)26-43(38)48/h4-18,21-26,28H,19-20H2,1-3H3. The third-order valence-electron chi connectivity index (χ3n) is 11.9. The van der Waals surface area contributed by atoms with Gasteiger partial charge in [0.1, 0.15) is 0 Å². The van der Waals surface area contributed by atoms with Crippen LogP contribution in [-0.2, 0) is 5.41 Å². The molecule has 1 heteroatoms. The number of nitrogens with zero attached hydrogens (tertiary/aromatic N) is 1. The highest BCUT2D eigenvalue weighted by Gasteiger charge is 2.37. The molecule has 11 rings (SSSR count). The summed E-state index contributed by atoms with van der Waals surface area (Å²) in [4.78, 5) is 0. The van der Waals surface area contributed by atoms with Crippen LogP contribution in [0.3, 0.4) is 0 Å². The Labute approximate surface area is 281 Å². The maximum atomic E-state index is 2.55. The molecule has 3 aliphatic rings. The van der Waals surface area contributed by atoms with E-state index in [1.165, 1.54) is 112 Å². The molecule has 0 amide bonds. The van der Waals surface area contributed by atoms with E-state index in [2.05, 4.69) is 153 Å². The molecule has 1 heterocycles. The Hall–Kier alpha value is -5.40. The second-order valence-electron chi connectivity index (χ2n) is 14.8. The minimum Gasteiger partial charge on any atom is -0.309 e. The Morgan fingerprint density at radius 3 is 2.08 bits per heavy atom. The van der Waals surface area contributed by atoms with Crippen LogP contribution in [0, 0.1) is 6.92 Å². The first kappa shape index (κ1) is 26.6. The number of aromatic nitrogens is 1. The number of fused-ring (bicyclic) bond motifs is 9. The van der Waals surface area contributed by atoms with Crippen LogP contribution in [0.4, 0.5) is 0 Å². The van der Waals surface area contributed by atoms with Crippen LogP contribution in [0.5, 0.6) is 0 Å². The molecular weight excluding hydrogens is 579 g/mol. The van der Waals surface area contributed by atoms with Gasteiger partial charge in [-0.3, -0.25) is 0 Å². The normalized spacial score (nSPS) is 15.3. The van der Waals surface area contributed by atoms with E-state index >= 15 is 0 Å². The summed E-state index contributed by atoms with van der Waals surface area (Å²) in [7, 11) is 0. The average molecular weight is 614 g/mol. The lowest BCUT2D eigenvalue weighted by atomic mass is 9.82. The van der Waals surface area contributed by atoms with Crippen molar-refractivity contribution in [1.82, 2.24) is 4.57 Å². The summed E-state index contributed by atoms with van der Waals surface area (Å²) in [5.41, 5.74) is 20.6. The van der Waals surface area contributed by atoms with Crippen molar-refractivity contribution in [2.24, 2.45) is 0 Å². The lowest BCUT2D eigenvalue weighted by molar-refractivity contribution is 0.661. The Morgan fingerprint density at radius 1 is 0.521 bits per heavy atom. The number of para-hydroxylation sites is 1. The molecule has 7 aromatic carbocycles. The zero-order valence-corrected chi connectivity index (χ0v) is 27.6. The largest absolute Gasteiger partial charge is 0.309 e. The lowest BCUT2D eigenvalue weighted by Gasteiger charge is -2.22. The van der Waals surface area contributed by atoms with Crippen molar-refractivity contribution < 1.29 is 0 Å².